The number of aliphatic imine (C=N–C) groups is 1. The van der Waals surface area contributed by atoms with Crippen LogP contribution in [0.25, 0.3) is 0 Å². The molecule has 15 heavy (non-hydrogen) atoms. The Bertz CT molecular complexity index is 390. The molecular formula is C11H12BrClN2. The Balaban J connectivity index is 2.10. The molecule has 0 fully saturated rings. The molecule has 4 heteroatoms. The van der Waals surface area contributed by atoms with Gasteiger partial charge < -0.3 is 5.32 Å². The molecule has 0 saturated carbocycles. The van der Waals surface area contributed by atoms with E-state index in [9.17, 15) is 0 Å². The highest BCUT2D eigenvalue weighted by Crippen LogP contribution is 2.25. The first-order valence-corrected chi connectivity index (χ1v) is 6.18. The van der Waals surface area contributed by atoms with E-state index >= 15 is 0 Å². The molecule has 1 N–H and O–H groups in total. The number of amidine groups is 1. The first-order chi connectivity index (χ1) is 7.25. The van der Waals surface area contributed by atoms with Gasteiger partial charge in [-0.25, -0.2) is 0 Å². The van der Waals surface area contributed by atoms with Gasteiger partial charge in [-0.15, -0.1) is 0 Å². The van der Waals surface area contributed by atoms with Gasteiger partial charge in [-0.2, -0.15) is 0 Å². The smallest absolute Gasteiger partial charge is 0.101 e. The van der Waals surface area contributed by atoms with Crippen LogP contribution in [0.15, 0.2) is 27.7 Å². The van der Waals surface area contributed by atoms with Gasteiger partial charge in [0.05, 0.1) is 5.02 Å². The van der Waals surface area contributed by atoms with Gasteiger partial charge in [-0.3, -0.25) is 4.99 Å². The lowest BCUT2D eigenvalue weighted by Gasteiger charge is -2.14. The maximum Gasteiger partial charge on any atom is 0.101 e. The fourth-order valence-electron chi connectivity index (χ4n) is 1.54. The van der Waals surface area contributed by atoms with Crippen LogP contribution in [0, 0.1) is 0 Å². The highest BCUT2D eigenvalue weighted by Gasteiger charge is 2.06. The van der Waals surface area contributed by atoms with E-state index in [1.54, 1.807) is 0 Å². The van der Waals surface area contributed by atoms with Crippen LogP contribution >= 0.6 is 27.5 Å². The van der Waals surface area contributed by atoms with Gasteiger partial charge in [-0.1, -0.05) is 11.6 Å². The number of halogens is 2. The third-order valence-corrected chi connectivity index (χ3v) is 3.55. The molecule has 80 valence electrons. The Morgan fingerprint density at radius 2 is 2.20 bits per heavy atom. The lowest BCUT2D eigenvalue weighted by atomic mass is 10.2. The van der Waals surface area contributed by atoms with Crippen molar-refractivity contribution in [2.75, 3.05) is 11.9 Å². The summed E-state index contributed by atoms with van der Waals surface area (Å²) in [5, 5.41) is 4.04. The Labute approximate surface area is 103 Å². The summed E-state index contributed by atoms with van der Waals surface area (Å²) in [6.07, 6.45) is 3.47. The molecule has 0 radical (unpaired) electrons. The number of rotatable bonds is 1. The Hall–Kier alpha value is -0.540. The van der Waals surface area contributed by atoms with E-state index in [0.717, 1.165) is 34.0 Å². The number of nitrogens with one attached hydrogen (secondary N) is 1. The van der Waals surface area contributed by atoms with Gasteiger partial charge in [0.1, 0.15) is 5.84 Å². The zero-order valence-electron chi connectivity index (χ0n) is 8.26. The van der Waals surface area contributed by atoms with Gasteiger partial charge >= 0.3 is 0 Å². The van der Waals surface area contributed by atoms with E-state index in [1.807, 2.05) is 18.2 Å². The predicted molar refractivity (Wildman–Crippen MR) is 68.9 cm³/mol. The van der Waals surface area contributed by atoms with Crippen LogP contribution in [-0.4, -0.2) is 12.4 Å². The molecule has 1 aliphatic rings. The summed E-state index contributed by atoms with van der Waals surface area (Å²) >= 11 is 9.32. The quantitative estimate of drug-likeness (QED) is 0.826. The SMILES string of the molecule is Clc1ccc(NC2=NCCCC2)cc1Br. The molecule has 1 heterocycles. The lowest BCUT2D eigenvalue weighted by molar-refractivity contribution is 0.737. The van der Waals surface area contributed by atoms with Crippen LogP contribution in [0.4, 0.5) is 5.69 Å². The summed E-state index contributed by atoms with van der Waals surface area (Å²) in [4.78, 5) is 4.43. The van der Waals surface area contributed by atoms with Crippen molar-refractivity contribution in [2.24, 2.45) is 4.99 Å². The third kappa shape index (κ3) is 2.95. The third-order valence-electron chi connectivity index (χ3n) is 2.33. The lowest BCUT2D eigenvalue weighted by Crippen LogP contribution is -2.15. The Kier molecular flexibility index (Phi) is 3.65. The van der Waals surface area contributed by atoms with E-state index < -0.39 is 0 Å². The summed E-state index contributed by atoms with van der Waals surface area (Å²) in [5.74, 6) is 1.08. The van der Waals surface area contributed by atoms with Crippen molar-refractivity contribution in [3.8, 4) is 0 Å². The minimum atomic E-state index is 0.728. The molecule has 2 rings (SSSR count). The fourth-order valence-corrected chi connectivity index (χ4v) is 2.04. The zero-order chi connectivity index (χ0) is 10.7. The number of hydrogen-bond acceptors (Lipinski definition) is 2. The molecule has 0 spiro atoms. The molecule has 0 aliphatic carbocycles. The van der Waals surface area contributed by atoms with E-state index in [4.69, 9.17) is 11.6 Å². The van der Waals surface area contributed by atoms with Gasteiger partial charge in [0.25, 0.3) is 0 Å². The van der Waals surface area contributed by atoms with Gasteiger partial charge in [-0.05, 0) is 47.0 Å². The average Bonchev–Trinajstić information content (AvgIpc) is 2.25. The van der Waals surface area contributed by atoms with Crippen molar-refractivity contribution in [2.45, 2.75) is 19.3 Å². The van der Waals surface area contributed by atoms with E-state index in [1.165, 1.54) is 12.8 Å². The van der Waals surface area contributed by atoms with Crippen molar-refractivity contribution < 1.29 is 0 Å². The first kappa shape index (κ1) is 11.0. The average molecular weight is 288 g/mol. The number of anilines is 1. The molecule has 0 bridgehead atoms. The number of nitrogens with zero attached hydrogens (tertiary/aromatic N) is 1. The Morgan fingerprint density at radius 1 is 1.33 bits per heavy atom. The molecule has 2 nitrogen and oxygen atoms in total. The monoisotopic (exact) mass is 286 g/mol. The second-order valence-electron chi connectivity index (χ2n) is 3.54. The van der Waals surface area contributed by atoms with Crippen LogP contribution in [0.2, 0.25) is 5.02 Å². The topological polar surface area (TPSA) is 24.4 Å². The zero-order valence-corrected chi connectivity index (χ0v) is 10.6. The minimum Gasteiger partial charge on any atom is -0.344 e. The second kappa shape index (κ2) is 4.99. The molecule has 0 amide bonds. The van der Waals surface area contributed by atoms with Crippen LogP contribution in [-0.2, 0) is 0 Å². The maximum atomic E-state index is 5.92. The van der Waals surface area contributed by atoms with E-state index in [0.29, 0.717) is 0 Å². The molecular weight excluding hydrogens is 275 g/mol. The number of benzene rings is 1. The molecule has 0 saturated heterocycles. The summed E-state index contributed by atoms with van der Waals surface area (Å²) in [5.41, 5.74) is 1.03. The maximum absolute atomic E-state index is 5.92. The van der Waals surface area contributed by atoms with Gasteiger partial charge in [0.2, 0.25) is 0 Å². The van der Waals surface area contributed by atoms with Crippen molar-refractivity contribution in [3.05, 3.63) is 27.7 Å². The highest BCUT2D eigenvalue weighted by atomic mass is 79.9. The van der Waals surface area contributed by atoms with Crippen molar-refractivity contribution in [1.82, 2.24) is 0 Å². The van der Waals surface area contributed by atoms with Gasteiger partial charge in [0.15, 0.2) is 0 Å². The molecule has 1 aromatic rings. The largest absolute Gasteiger partial charge is 0.344 e. The number of hydrogen-bond donors (Lipinski definition) is 1. The van der Waals surface area contributed by atoms with E-state index in [2.05, 4.69) is 26.2 Å². The summed E-state index contributed by atoms with van der Waals surface area (Å²) in [7, 11) is 0. The summed E-state index contributed by atoms with van der Waals surface area (Å²) in [6, 6.07) is 5.81. The van der Waals surface area contributed by atoms with Crippen LogP contribution < -0.4 is 5.32 Å². The predicted octanol–water partition coefficient (Wildman–Crippen LogP) is 4.10. The summed E-state index contributed by atoms with van der Waals surface area (Å²) < 4.78 is 0.908. The van der Waals surface area contributed by atoms with Crippen molar-refractivity contribution in [3.63, 3.8) is 0 Å². The molecule has 0 atom stereocenters. The van der Waals surface area contributed by atoms with Crippen molar-refractivity contribution in [1.29, 1.82) is 0 Å². The highest BCUT2D eigenvalue weighted by molar-refractivity contribution is 9.10. The summed E-state index contributed by atoms with van der Waals surface area (Å²) in [6.45, 7) is 0.942. The Morgan fingerprint density at radius 3 is 2.87 bits per heavy atom. The van der Waals surface area contributed by atoms with Crippen LogP contribution in [0.5, 0.6) is 0 Å². The minimum absolute atomic E-state index is 0.728. The van der Waals surface area contributed by atoms with Crippen molar-refractivity contribution >= 4 is 39.1 Å². The van der Waals surface area contributed by atoms with E-state index in [-0.39, 0.29) is 0 Å². The van der Waals surface area contributed by atoms with Crippen LogP contribution in [0.1, 0.15) is 19.3 Å². The first-order valence-electron chi connectivity index (χ1n) is 5.01. The van der Waals surface area contributed by atoms with Gasteiger partial charge in [0, 0.05) is 23.1 Å². The molecule has 1 aromatic carbocycles. The standard InChI is InChI=1S/C11H12BrClN2/c12-9-7-8(4-5-10(9)13)15-11-3-1-2-6-14-11/h4-5,7H,1-3,6H2,(H,14,15). The molecule has 0 aromatic heterocycles. The second-order valence-corrected chi connectivity index (χ2v) is 4.80. The molecule has 1 aliphatic heterocycles. The normalized spacial score (nSPS) is 16.0. The fraction of sp³-hybridized carbons (Fsp3) is 0.364. The van der Waals surface area contributed by atoms with Crippen LogP contribution in [0.3, 0.4) is 0 Å². The molecule has 0 unspecified atom stereocenters.